The molecule has 0 saturated carbocycles. The molecular formula is C8H11ClO3. The van der Waals surface area contributed by atoms with Crippen LogP contribution in [0.4, 0.5) is 0 Å². The highest BCUT2D eigenvalue weighted by molar-refractivity contribution is 6.30. The van der Waals surface area contributed by atoms with Gasteiger partial charge in [-0.25, -0.2) is 0 Å². The van der Waals surface area contributed by atoms with Gasteiger partial charge in [0.15, 0.2) is 5.79 Å². The monoisotopic (exact) mass is 190 g/mol. The molecule has 1 aliphatic heterocycles. The summed E-state index contributed by atoms with van der Waals surface area (Å²) in [5.41, 5.74) is 0. The molecule has 0 aromatic carbocycles. The molecule has 1 N–H and O–H groups in total. The van der Waals surface area contributed by atoms with Crippen LogP contribution in [0.2, 0.25) is 0 Å². The second-order valence-electron chi connectivity index (χ2n) is 3.56. The Hall–Kier alpha value is -0.0900. The normalized spacial score (nSPS) is 44.3. The van der Waals surface area contributed by atoms with Crippen molar-refractivity contribution < 1.29 is 14.6 Å². The number of fused-ring (bicyclic) bond motifs is 1. The van der Waals surface area contributed by atoms with Crippen LogP contribution in [0.1, 0.15) is 13.8 Å². The molecule has 3 unspecified atom stereocenters. The van der Waals surface area contributed by atoms with Crippen LogP contribution in [-0.4, -0.2) is 29.2 Å². The minimum absolute atomic E-state index is 0.281. The first-order valence-electron chi connectivity index (χ1n) is 3.90. The molecule has 1 fully saturated rings. The van der Waals surface area contributed by atoms with Gasteiger partial charge in [-0.1, -0.05) is 11.6 Å². The zero-order valence-corrected chi connectivity index (χ0v) is 7.71. The molecule has 0 aromatic rings. The number of hydrogen-bond acceptors (Lipinski definition) is 3. The van der Waals surface area contributed by atoms with Gasteiger partial charge >= 0.3 is 0 Å². The second kappa shape index (κ2) is 2.45. The van der Waals surface area contributed by atoms with Crippen LogP contribution >= 0.6 is 11.6 Å². The first kappa shape index (κ1) is 8.51. The predicted octanol–water partition coefficient (Wildman–Crippen LogP) is 1.00. The fourth-order valence-corrected chi connectivity index (χ4v) is 1.90. The number of halogens is 1. The molecular weight excluding hydrogens is 180 g/mol. The third-order valence-electron chi connectivity index (χ3n) is 2.07. The van der Waals surface area contributed by atoms with Crippen LogP contribution in [0.25, 0.3) is 0 Å². The summed E-state index contributed by atoms with van der Waals surface area (Å²) >= 11 is 5.83. The van der Waals surface area contributed by atoms with E-state index in [0.717, 1.165) is 0 Å². The number of aliphatic hydroxyl groups is 1. The molecule has 0 bridgehead atoms. The SMILES string of the molecule is CC1(C)OC2C(Cl)=CC(O)C2O1. The molecule has 1 heterocycles. The molecule has 0 aromatic heterocycles. The lowest BCUT2D eigenvalue weighted by Gasteiger charge is -2.18. The summed E-state index contributed by atoms with van der Waals surface area (Å²) in [4.78, 5) is 0. The zero-order valence-electron chi connectivity index (χ0n) is 6.95. The van der Waals surface area contributed by atoms with Crippen molar-refractivity contribution in [3.8, 4) is 0 Å². The Balaban J connectivity index is 2.21. The fourth-order valence-electron chi connectivity index (χ4n) is 1.60. The van der Waals surface area contributed by atoms with Crippen molar-refractivity contribution in [1.29, 1.82) is 0 Å². The first-order valence-corrected chi connectivity index (χ1v) is 4.28. The van der Waals surface area contributed by atoms with E-state index in [9.17, 15) is 5.11 Å². The molecule has 0 amide bonds. The fraction of sp³-hybridized carbons (Fsp3) is 0.750. The molecule has 4 heteroatoms. The van der Waals surface area contributed by atoms with E-state index in [2.05, 4.69) is 0 Å². The van der Waals surface area contributed by atoms with E-state index in [-0.39, 0.29) is 12.2 Å². The molecule has 2 rings (SSSR count). The van der Waals surface area contributed by atoms with Gasteiger partial charge in [-0.05, 0) is 19.9 Å². The summed E-state index contributed by atoms with van der Waals surface area (Å²) in [6.07, 6.45) is 0.319. The van der Waals surface area contributed by atoms with Gasteiger partial charge in [0.2, 0.25) is 0 Å². The summed E-state index contributed by atoms with van der Waals surface area (Å²) in [7, 11) is 0. The van der Waals surface area contributed by atoms with Gasteiger partial charge in [-0.2, -0.15) is 0 Å². The van der Waals surface area contributed by atoms with E-state index < -0.39 is 11.9 Å². The standard InChI is InChI=1S/C8H11ClO3/c1-8(2)11-6-4(9)3-5(10)7(6)12-8/h3,5-7,10H,1-2H3. The smallest absolute Gasteiger partial charge is 0.164 e. The number of hydrogen-bond donors (Lipinski definition) is 1. The lowest BCUT2D eigenvalue weighted by molar-refractivity contribution is -0.152. The topological polar surface area (TPSA) is 38.7 Å². The quantitative estimate of drug-likeness (QED) is 0.620. The Morgan fingerprint density at radius 2 is 2.17 bits per heavy atom. The average molecular weight is 191 g/mol. The third-order valence-corrected chi connectivity index (χ3v) is 2.41. The molecule has 12 heavy (non-hydrogen) atoms. The van der Waals surface area contributed by atoms with Crippen LogP contribution in [0.3, 0.4) is 0 Å². The molecule has 1 saturated heterocycles. The van der Waals surface area contributed by atoms with Gasteiger partial charge in [-0.3, -0.25) is 0 Å². The van der Waals surface area contributed by atoms with E-state index in [4.69, 9.17) is 21.1 Å². The van der Waals surface area contributed by atoms with E-state index in [1.54, 1.807) is 6.08 Å². The summed E-state index contributed by atoms with van der Waals surface area (Å²) in [6.45, 7) is 3.62. The number of aliphatic hydroxyl groups excluding tert-OH is 1. The Morgan fingerprint density at radius 3 is 2.75 bits per heavy atom. The summed E-state index contributed by atoms with van der Waals surface area (Å²) in [5.74, 6) is -0.634. The largest absolute Gasteiger partial charge is 0.386 e. The van der Waals surface area contributed by atoms with Crippen LogP contribution in [0, 0.1) is 0 Å². The van der Waals surface area contributed by atoms with Crippen molar-refractivity contribution in [2.24, 2.45) is 0 Å². The molecule has 0 radical (unpaired) electrons. The first-order chi connectivity index (χ1) is 5.49. The highest BCUT2D eigenvalue weighted by Gasteiger charge is 2.49. The predicted molar refractivity (Wildman–Crippen MR) is 43.8 cm³/mol. The van der Waals surface area contributed by atoms with Gasteiger partial charge in [0.25, 0.3) is 0 Å². The van der Waals surface area contributed by atoms with E-state index in [0.29, 0.717) is 5.03 Å². The van der Waals surface area contributed by atoms with Gasteiger partial charge in [0.1, 0.15) is 18.3 Å². The zero-order chi connectivity index (χ0) is 8.93. The van der Waals surface area contributed by atoms with Crippen molar-refractivity contribution in [1.82, 2.24) is 0 Å². The highest BCUT2D eigenvalue weighted by Crippen LogP contribution is 2.39. The molecule has 3 atom stereocenters. The van der Waals surface area contributed by atoms with Gasteiger partial charge in [-0.15, -0.1) is 0 Å². The number of rotatable bonds is 0. The maximum absolute atomic E-state index is 9.44. The number of ether oxygens (including phenoxy) is 2. The van der Waals surface area contributed by atoms with Crippen molar-refractivity contribution in [2.75, 3.05) is 0 Å². The average Bonchev–Trinajstić information content (AvgIpc) is 2.34. The Labute approximate surface area is 75.9 Å². The summed E-state index contributed by atoms with van der Waals surface area (Å²) in [5, 5.41) is 9.98. The van der Waals surface area contributed by atoms with Gasteiger partial charge in [0.05, 0.1) is 0 Å². The third kappa shape index (κ3) is 1.17. The van der Waals surface area contributed by atoms with E-state index in [1.165, 1.54) is 0 Å². The minimum Gasteiger partial charge on any atom is -0.386 e. The van der Waals surface area contributed by atoms with Crippen molar-refractivity contribution >= 4 is 11.6 Å². The molecule has 1 aliphatic carbocycles. The van der Waals surface area contributed by atoms with Crippen LogP contribution in [0.15, 0.2) is 11.1 Å². The molecule has 0 spiro atoms. The van der Waals surface area contributed by atoms with Gasteiger partial charge < -0.3 is 14.6 Å². The van der Waals surface area contributed by atoms with E-state index in [1.807, 2.05) is 13.8 Å². The van der Waals surface area contributed by atoms with Crippen molar-refractivity contribution in [2.45, 2.75) is 37.9 Å². The Kier molecular flexibility index (Phi) is 1.74. The minimum atomic E-state index is -0.635. The second-order valence-corrected chi connectivity index (χ2v) is 4.00. The Morgan fingerprint density at radius 1 is 1.50 bits per heavy atom. The maximum Gasteiger partial charge on any atom is 0.164 e. The lowest BCUT2D eigenvalue weighted by Crippen LogP contribution is -2.28. The van der Waals surface area contributed by atoms with Crippen LogP contribution in [0.5, 0.6) is 0 Å². The molecule has 2 aliphatic rings. The van der Waals surface area contributed by atoms with Crippen molar-refractivity contribution in [3.05, 3.63) is 11.1 Å². The highest BCUT2D eigenvalue weighted by atomic mass is 35.5. The van der Waals surface area contributed by atoms with Crippen LogP contribution < -0.4 is 0 Å². The van der Waals surface area contributed by atoms with E-state index >= 15 is 0 Å². The molecule has 3 nitrogen and oxygen atoms in total. The summed E-state index contributed by atoms with van der Waals surface area (Å²) < 4.78 is 10.9. The molecule has 68 valence electrons. The van der Waals surface area contributed by atoms with Crippen molar-refractivity contribution in [3.63, 3.8) is 0 Å². The van der Waals surface area contributed by atoms with Crippen LogP contribution in [-0.2, 0) is 9.47 Å². The lowest BCUT2D eigenvalue weighted by atomic mass is 10.2. The summed E-state index contributed by atoms with van der Waals surface area (Å²) in [6, 6.07) is 0. The Bertz CT molecular complexity index is 236. The maximum atomic E-state index is 9.44. The van der Waals surface area contributed by atoms with Gasteiger partial charge in [0, 0.05) is 5.03 Å².